The van der Waals surface area contributed by atoms with Crippen LogP contribution >= 0.6 is 0 Å². The molecule has 3 rings (SSSR count). The SMILES string of the molecule is CN(C)CCC(=O)N1CCN(C(=O)c2ccc(-n3cccc3)cc2)CC1. The lowest BCUT2D eigenvalue weighted by molar-refractivity contribution is -0.132. The zero-order valence-corrected chi connectivity index (χ0v) is 15.5. The van der Waals surface area contributed by atoms with Crippen LogP contribution in [0.2, 0.25) is 0 Å². The zero-order chi connectivity index (χ0) is 18.5. The summed E-state index contributed by atoms with van der Waals surface area (Å²) in [6.07, 6.45) is 4.48. The molecule has 1 saturated heterocycles. The molecule has 1 fully saturated rings. The molecule has 1 aromatic carbocycles. The van der Waals surface area contributed by atoms with Gasteiger partial charge < -0.3 is 19.3 Å². The molecule has 6 nitrogen and oxygen atoms in total. The quantitative estimate of drug-likeness (QED) is 0.821. The molecule has 0 N–H and O–H groups in total. The smallest absolute Gasteiger partial charge is 0.253 e. The standard InChI is InChI=1S/C20H26N4O2/c1-21(2)12-9-19(25)23-13-15-24(16-14-23)20(26)17-5-7-18(8-6-17)22-10-3-4-11-22/h3-8,10-11H,9,12-16H2,1-2H3. The molecule has 26 heavy (non-hydrogen) atoms. The molecule has 2 aromatic rings. The van der Waals surface area contributed by atoms with Crippen molar-refractivity contribution in [2.75, 3.05) is 46.8 Å². The first-order chi connectivity index (χ1) is 12.5. The van der Waals surface area contributed by atoms with Gasteiger partial charge in [0, 0.05) is 62.8 Å². The Morgan fingerprint density at radius 3 is 2.08 bits per heavy atom. The van der Waals surface area contributed by atoms with E-state index in [4.69, 9.17) is 0 Å². The third-order valence-corrected chi connectivity index (χ3v) is 4.71. The molecule has 1 aliphatic heterocycles. The van der Waals surface area contributed by atoms with Crippen molar-refractivity contribution in [3.8, 4) is 5.69 Å². The van der Waals surface area contributed by atoms with Crippen LogP contribution in [0.15, 0.2) is 48.8 Å². The normalized spacial score (nSPS) is 14.7. The van der Waals surface area contributed by atoms with Crippen LogP contribution < -0.4 is 0 Å². The van der Waals surface area contributed by atoms with Crippen molar-refractivity contribution in [1.29, 1.82) is 0 Å². The summed E-state index contributed by atoms with van der Waals surface area (Å²) in [4.78, 5) is 30.6. The lowest BCUT2D eigenvalue weighted by atomic mass is 10.1. The highest BCUT2D eigenvalue weighted by atomic mass is 16.2. The summed E-state index contributed by atoms with van der Waals surface area (Å²) in [5.74, 6) is 0.200. The maximum Gasteiger partial charge on any atom is 0.253 e. The van der Waals surface area contributed by atoms with E-state index in [9.17, 15) is 9.59 Å². The van der Waals surface area contributed by atoms with Crippen LogP contribution in [0, 0.1) is 0 Å². The molecule has 0 unspecified atom stereocenters. The molecule has 1 aliphatic rings. The molecule has 2 heterocycles. The largest absolute Gasteiger partial charge is 0.339 e. The van der Waals surface area contributed by atoms with Gasteiger partial charge in [0.2, 0.25) is 5.91 Å². The number of nitrogens with zero attached hydrogens (tertiary/aromatic N) is 4. The van der Waals surface area contributed by atoms with Gasteiger partial charge in [0.1, 0.15) is 0 Å². The number of rotatable bonds is 5. The van der Waals surface area contributed by atoms with E-state index in [0.29, 0.717) is 38.2 Å². The van der Waals surface area contributed by atoms with E-state index in [2.05, 4.69) is 0 Å². The number of amides is 2. The Bertz CT molecular complexity index is 730. The predicted octanol–water partition coefficient (Wildman–Crippen LogP) is 1.71. The van der Waals surface area contributed by atoms with Gasteiger partial charge in [-0.25, -0.2) is 0 Å². The van der Waals surface area contributed by atoms with Crippen LogP contribution in [0.5, 0.6) is 0 Å². The van der Waals surface area contributed by atoms with Crippen molar-refractivity contribution in [1.82, 2.24) is 19.3 Å². The molecule has 0 aliphatic carbocycles. The fourth-order valence-corrected chi connectivity index (χ4v) is 3.10. The number of carbonyl (C=O) groups excluding carboxylic acids is 2. The highest BCUT2D eigenvalue weighted by Gasteiger charge is 2.24. The Balaban J connectivity index is 1.54. The van der Waals surface area contributed by atoms with Gasteiger partial charge in [-0.3, -0.25) is 9.59 Å². The molecule has 0 radical (unpaired) electrons. The molecule has 138 valence electrons. The minimum absolute atomic E-state index is 0.0319. The minimum atomic E-state index is 0.0319. The van der Waals surface area contributed by atoms with Gasteiger partial charge in [0.25, 0.3) is 5.91 Å². The molecular weight excluding hydrogens is 328 g/mol. The number of hydrogen-bond acceptors (Lipinski definition) is 3. The number of carbonyl (C=O) groups is 2. The zero-order valence-electron chi connectivity index (χ0n) is 15.5. The molecule has 0 atom stereocenters. The second kappa shape index (κ2) is 8.19. The summed E-state index contributed by atoms with van der Waals surface area (Å²) in [5.41, 5.74) is 1.72. The molecule has 1 aromatic heterocycles. The Hall–Kier alpha value is -2.60. The Morgan fingerprint density at radius 1 is 0.923 bits per heavy atom. The third kappa shape index (κ3) is 4.32. The van der Waals surface area contributed by atoms with Crippen molar-refractivity contribution in [2.45, 2.75) is 6.42 Å². The van der Waals surface area contributed by atoms with E-state index in [-0.39, 0.29) is 11.8 Å². The molecule has 2 amide bonds. The average molecular weight is 354 g/mol. The van der Waals surface area contributed by atoms with E-state index < -0.39 is 0 Å². The van der Waals surface area contributed by atoms with Gasteiger partial charge in [0.05, 0.1) is 0 Å². The maximum atomic E-state index is 12.7. The number of aromatic nitrogens is 1. The van der Waals surface area contributed by atoms with Crippen LogP contribution in [-0.4, -0.2) is 77.9 Å². The van der Waals surface area contributed by atoms with Crippen molar-refractivity contribution in [3.05, 3.63) is 54.4 Å². The summed E-state index contributed by atoms with van der Waals surface area (Å²) < 4.78 is 2.01. The second-order valence-corrected chi connectivity index (χ2v) is 6.86. The van der Waals surface area contributed by atoms with Crippen molar-refractivity contribution < 1.29 is 9.59 Å². The van der Waals surface area contributed by atoms with Crippen LogP contribution in [0.25, 0.3) is 5.69 Å². The second-order valence-electron chi connectivity index (χ2n) is 6.86. The van der Waals surface area contributed by atoms with Crippen molar-refractivity contribution in [3.63, 3.8) is 0 Å². The summed E-state index contributed by atoms with van der Waals surface area (Å²) in [6, 6.07) is 11.6. The first-order valence-corrected chi connectivity index (χ1v) is 9.00. The van der Waals surface area contributed by atoms with Gasteiger partial charge in [-0.05, 0) is 50.5 Å². The topological polar surface area (TPSA) is 48.8 Å². The predicted molar refractivity (Wildman–Crippen MR) is 101 cm³/mol. The lowest BCUT2D eigenvalue weighted by Crippen LogP contribution is -2.50. The summed E-state index contributed by atoms with van der Waals surface area (Å²) in [6.45, 7) is 3.16. The van der Waals surface area contributed by atoms with Gasteiger partial charge >= 0.3 is 0 Å². The first-order valence-electron chi connectivity index (χ1n) is 9.00. The number of hydrogen-bond donors (Lipinski definition) is 0. The summed E-state index contributed by atoms with van der Waals surface area (Å²) >= 11 is 0. The highest BCUT2D eigenvalue weighted by molar-refractivity contribution is 5.94. The fraction of sp³-hybridized carbons (Fsp3) is 0.400. The van der Waals surface area contributed by atoms with E-state index in [1.54, 1.807) is 0 Å². The summed E-state index contributed by atoms with van der Waals surface area (Å²) in [5, 5.41) is 0. The van der Waals surface area contributed by atoms with Crippen LogP contribution in [0.3, 0.4) is 0 Å². The van der Waals surface area contributed by atoms with Gasteiger partial charge in [-0.15, -0.1) is 0 Å². The van der Waals surface area contributed by atoms with Crippen LogP contribution in [0.4, 0.5) is 0 Å². The van der Waals surface area contributed by atoms with Gasteiger partial charge in [-0.2, -0.15) is 0 Å². The Labute approximate surface area is 154 Å². The first kappa shape index (κ1) is 18.2. The van der Waals surface area contributed by atoms with E-state index >= 15 is 0 Å². The summed E-state index contributed by atoms with van der Waals surface area (Å²) in [7, 11) is 3.93. The Kier molecular flexibility index (Phi) is 5.73. The molecule has 0 saturated carbocycles. The van der Waals surface area contributed by atoms with E-state index in [1.165, 1.54) is 0 Å². The van der Waals surface area contributed by atoms with Crippen LogP contribution in [-0.2, 0) is 4.79 Å². The fourth-order valence-electron chi connectivity index (χ4n) is 3.10. The third-order valence-electron chi connectivity index (χ3n) is 4.71. The number of benzene rings is 1. The van der Waals surface area contributed by atoms with Crippen molar-refractivity contribution in [2.24, 2.45) is 0 Å². The molecule has 6 heteroatoms. The van der Waals surface area contributed by atoms with Crippen LogP contribution in [0.1, 0.15) is 16.8 Å². The average Bonchev–Trinajstić information content (AvgIpc) is 3.20. The monoisotopic (exact) mass is 354 g/mol. The van der Waals surface area contributed by atoms with Gasteiger partial charge in [0.15, 0.2) is 0 Å². The Morgan fingerprint density at radius 2 is 1.50 bits per heavy atom. The maximum absolute atomic E-state index is 12.7. The van der Waals surface area contributed by atoms with E-state index in [0.717, 1.165) is 12.2 Å². The lowest BCUT2D eigenvalue weighted by Gasteiger charge is -2.35. The molecule has 0 spiro atoms. The van der Waals surface area contributed by atoms with E-state index in [1.807, 2.05) is 82.2 Å². The van der Waals surface area contributed by atoms with Gasteiger partial charge in [-0.1, -0.05) is 0 Å². The number of piperazine rings is 1. The minimum Gasteiger partial charge on any atom is -0.339 e. The molecule has 0 bridgehead atoms. The molecular formula is C20H26N4O2. The highest BCUT2D eigenvalue weighted by Crippen LogP contribution is 2.13. The van der Waals surface area contributed by atoms with Crippen molar-refractivity contribution >= 4 is 11.8 Å².